The fourth-order valence-electron chi connectivity index (χ4n) is 5.46. The van der Waals surface area contributed by atoms with E-state index in [9.17, 15) is 9.59 Å². The van der Waals surface area contributed by atoms with Gasteiger partial charge in [-0.2, -0.15) is 0 Å². The molecule has 9 nitrogen and oxygen atoms in total. The van der Waals surface area contributed by atoms with E-state index in [1.54, 1.807) is 27.1 Å². The highest BCUT2D eigenvalue weighted by atomic mass is 16.8. The van der Waals surface area contributed by atoms with Crippen LogP contribution in [0.15, 0.2) is 35.5 Å². The number of hydrogen-bond acceptors (Lipinski definition) is 7. The van der Waals surface area contributed by atoms with Gasteiger partial charge >= 0.3 is 12.1 Å². The van der Waals surface area contributed by atoms with Crippen LogP contribution in [0.3, 0.4) is 0 Å². The van der Waals surface area contributed by atoms with Gasteiger partial charge in [-0.1, -0.05) is 30.3 Å². The number of carbonyl (C=O) groups is 2. The summed E-state index contributed by atoms with van der Waals surface area (Å²) >= 11 is 0. The number of nitrogens with one attached hydrogen (secondary N) is 1. The van der Waals surface area contributed by atoms with E-state index < -0.39 is 11.7 Å². The number of hydroxylamine groups is 1. The smallest absolute Gasteiger partial charge is 0.443 e. The Kier molecular flexibility index (Phi) is 8.15. The normalized spacial score (nSPS) is 25.5. The molecule has 35 heavy (non-hydrogen) atoms. The average molecular weight is 487 g/mol. The molecule has 1 aromatic carbocycles. The van der Waals surface area contributed by atoms with Gasteiger partial charge in [0.25, 0.3) is 0 Å². The third-order valence-corrected chi connectivity index (χ3v) is 7.13. The van der Waals surface area contributed by atoms with Gasteiger partial charge in [0.15, 0.2) is 0 Å². The first-order chi connectivity index (χ1) is 16.8. The van der Waals surface area contributed by atoms with Crippen molar-refractivity contribution in [2.45, 2.75) is 89.6 Å². The summed E-state index contributed by atoms with van der Waals surface area (Å²) in [5.41, 5.74) is 2.62. The van der Waals surface area contributed by atoms with Gasteiger partial charge in [0.1, 0.15) is 18.5 Å². The van der Waals surface area contributed by atoms with Gasteiger partial charge in [0.05, 0.1) is 5.92 Å². The summed E-state index contributed by atoms with van der Waals surface area (Å²) in [6.07, 6.45) is 7.16. The number of fused-ring (bicyclic) bond motifs is 2. The molecule has 2 atom stereocenters. The number of hydrogen-bond donors (Lipinski definition) is 1. The van der Waals surface area contributed by atoms with Crippen LogP contribution in [0.1, 0.15) is 64.9 Å². The number of likely N-dealkylation sites (tertiary alicyclic amines) is 1. The second kappa shape index (κ2) is 11.3. The van der Waals surface area contributed by atoms with Gasteiger partial charge in [-0.05, 0) is 83.1 Å². The number of ether oxygens (including phenoxy) is 2. The van der Waals surface area contributed by atoms with Crippen LogP contribution in [0.25, 0.3) is 0 Å². The Balaban J connectivity index is 1.18. The lowest BCUT2D eigenvalue weighted by Gasteiger charge is -2.44. The van der Waals surface area contributed by atoms with Crippen molar-refractivity contribution < 1.29 is 24.0 Å². The Bertz CT molecular complexity index is 865. The minimum Gasteiger partial charge on any atom is -0.461 e. The van der Waals surface area contributed by atoms with Crippen molar-refractivity contribution >= 4 is 18.4 Å². The number of amides is 1. The molecule has 0 aliphatic carbocycles. The van der Waals surface area contributed by atoms with Gasteiger partial charge in [-0.25, -0.2) is 4.79 Å². The van der Waals surface area contributed by atoms with Gasteiger partial charge in [-0.3, -0.25) is 9.73 Å². The minimum absolute atomic E-state index is 0.00599. The molecule has 1 N–H and O–H groups in total. The van der Waals surface area contributed by atoms with Crippen LogP contribution in [-0.4, -0.2) is 65.0 Å². The van der Waals surface area contributed by atoms with Crippen LogP contribution in [0.2, 0.25) is 0 Å². The van der Waals surface area contributed by atoms with E-state index in [4.69, 9.17) is 14.4 Å². The van der Waals surface area contributed by atoms with Crippen molar-refractivity contribution in [3.8, 4) is 0 Å². The van der Waals surface area contributed by atoms with E-state index in [0.29, 0.717) is 24.7 Å². The van der Waals surface area contributed by atoms with E-state index in [1.165, 1.54) is 0 Å². The topological polar surface area (TPSA) is 92.7 Å². The van der Waals surface area contributed by atoms with E-state index in [2.05, 4.69) is 20.4 Å². The predicted octanol–water partition coefficient (Wildman–Crippen LogP) is 3.84. The SMILES string of the molecule is CC(C)(C)OC(=O)NO/N=C\N1C2CCC1CC(N1CCC(C(=O)OCc3ccccc3)CC1)C2. The highest BCUT2D eigenvalue weighted by Crippen LogP contribution is 2.37. The zero-order chi connectivity index (χ0) is 24.8. The van der Waals surface area contributed by atoms with E-state index in [-0.39, 0.29) is 11.9 Å². The largest absolute Gasteiger partial charge is 0.461 e. The zero-order valence-electron chi connectivity index (χ0n) is 21.0. The maximum Gasteiger partial charge on any atom is 0.443 e. The van der Waals surface area contributed by atoms with Crippen molar-refractivity contribution in [2.24, 2.45) is 11.1 Å². The molecule has 2 unspecified atom stereocenters. The summed E-state index contributed by atoms with van der Waals surface area (Å²) in [6.45, 7) is 7.59. The number of rotatable bonds is 7. The van der Waals surface area contributed by atoms with Crippen LogP contribution in [0.4, 0.5) is 4.79 Å². The number of oxime groups is 1. The molecule has 2 bridgehead atoms. The summed E-state index contributed by atoms with van der Waals surface area (Å²) < 4.78 is 10.7. The molecule has 4 rings (SSSR count). The van der Waals surface area contributed by atoms with Crippen LogP contribution < -0.4 is 5.48 Å². The molecule has 192 valence electrons. The molecule has 3 saturated heterocycles. The Morgan fingerprint density at radius 1 is 1.03 bits per heavy atom. The Hall–Kier alpha value is -2.81. The molecule has 1 aromatic rings. The highest BCUT2D eigenvalue weighted by Gasteiger charge is 2.42. The Labute approximate surface area is 207 Å². The number of nitrogens with zero attached hydrogens (tertiary/aromatic N) is 3. The highest BCUT2D eigenvalue weighted by molar-refractivity contribution is 5.72. The molecule has 3 heterocycles. The summed E-state index contributed by atoms with van der Waals surface area (Å²) in [4.78, 5) is 34.0. The monoisotopic (exact) mass is 486 g/mol. The lowest BCUT2D eigenvalue weighted by molar-refractivity contribution is -0.151. The predicted molar refractivity (Wildman–Crippen MR) is 131 cm³/mol. The fraction of sp³-hybridized carbons (Fsp3) is 0.654. The van der Waals surface area contributed by atoms with Crippen LogP contribution >= 0.6 is 0 Å². The van der Waals surface area contributed by atoms with Gasteiger partial charge < -0.3 is 19.3 Å². The first-order valence-electron chi connectivity index (χ1n) is 12.7. The third kappa shape index (κ3) is 7.10. The molecule has 1 amide bonds. The number of carbonyl (C=O) groups excluding carboxylic acids is 2. The second-order valence-corrected chi connectivity index (χ2v) is 10.8. The number of piperidine rings is 2. The third-order valence-electron chi connectivity index (χ3n) is 7.13. The van der Waals surface area contributed by atoms with Gasteiger partial charge in [-0.15, -0.1) is 5.48 Å². The molecular formula is C26H38N4O5. The zero-order valence-corrected chi connectivity index (χ0v) is 21.0. The molecule has 9 heteroatoms. The Morgan fingerprint density at radius 2 is 1.69 bits per heavy atom. The molecule has 0 radical (unpaired) electrons. The van der Waals surface area contributed by atoms with E-state index in [1.807, 2.05) is 30.3 Å². The minimum atomic E-state index is -0.663. The lowest BCUT2D eigenvalue weighted by atomic mass is 9.91. The Morgan fingerprint density at radius 3 is 2.31 bits per heavy atom. The molecule has 3 aliphatic heterocycles. The van der Waals surface area contributed by atoms with E-state index in [0.717, 1.165) is 57.2 Å². The first-order valence-corrected chi connectivity index (χ1v) is 12.7. The standard InChI is InChI=1S/C26H38N4O5/c1-26(2,3)34-25(32)28-35-27-18-30-21-9-10-22(30)16-23(15-21)29-13-11-20(12-14-29)24(31)33-17-19-7-5-4-6-8-19/h4-8,18,20-23H,9-17H2,1-3H3,(H,28,32)/b27-18-. The molecule has 0 saturated carbocycles. The van der Waals surface area contributed by atoms with Crippen LogP contribution in [0.5, 0.6) is 0 Å². The molecule has 3 aliphatic rings. The number of benzene rings is 1. The van der Waals surface area contributed by atoms with Crippen molar-refractivity contribution in [2.75, 3.05) is 13.1 Å². The van der Waals surface area contributed by atoms with Gasteiger partial charge in [0.2, 0.25) is 0 Å². The summed E-state index contributed by atoms with van der Waals surface area (Å²) in [5, 5.41) is 3.94. The molecule has 3 fully saturated rings. The maximum absolute atomic E-state index is 12.5. The van der Waals surface area contributed by atoms with Crippen molar-refractivity contribution in [3.63, 3.8) is 0 Å². The fourth-order valence-corrected chi connectivity index (χ4v) is 5.46. The number of esters is 1. The quantitative estimate of drug-likeness (QED) is 0.271. The van der Waals surface area contributed by atoms with E-state index >= 15 is 0 Å². The summed E-state index contributed by atoms with van der Waals surface area (Å²) in [7, 11) is 0. The maximum atomic E-state index is 12.5. The molecule has 0 spiro atoms. The van der Waals surface area contributed by atoms with Crippen LogP contribution in [0, 0.1) is 5.92 Å². The molecule has 0 aromatic heterocycles. The van der Waals surface area contributed by atoms with Gasteiger partial charge in [0, 0.05) is 18.1 Å². The van der Waals surface area contributed by atoms with Crippen molar-refractivity contribution in [1.29, 1.82) is 0 Å². The van der Waals surface area contributed by atoms with Crippen molar-refractivity contribution in [1.82, 2.24) is 15.3 Å². The summed E-state index contributed by atoms with van der Waals surface area (Å²) in [6, 6.07) is 11.2. The second-order valence-electron chi connectivity index (χ2n) is 10.8. The first kappa shape index (κ1) is 25.3. The summed E-state index contributed by atoms with van der Waals surface area (Å²) in [5.74, 6) is -0.0758. The van der Waals surface area contributed by atoms with Crippen LogP contribution in [-0.2, 0) is 25.8 Å². The molecular weight excluding hydrogens is 448 g/mol. The van der Waals surface area contributed by atoms with Crippen molar-refractivity contribution in [3.05, 3.63) is 35.9 Å². The lowest BCUT2D eigenvalue weighted by Crippen LogP contribution is -2.52. The average Bonchev–Trinajstić information content (AvgIpc) is 3.06.